The zero-order valence-corrected chi connectivity index (χ0v) is 22.3. The number of nitrogens with one attached hydrogen (secondary N) is 1. The lowest BCUT2D eigenvalue weighted by molar-refractivity contribution is -0.134. The third-order valence-corrected chi connectivity index (χ3v) is 6.70. The number of piperazine rings is 1. The Labute approximate surface area is 220 Å². The lowest BCUT2D eigenvalue weighted by atomic mass is 10.1. The number of hydrogen-bond donors (Lipinski definition) is 2. The zero-order valence-electron chi connectivity index (χ0n) is 20.7. The minimum atomic E-state index is -3.54. The highest BCUT2D eigenvalue weighted by Crippen LogP contribution is 2.30. The van der Waals surface area contributed by atoms with Crippen molar-refractivity contribution in [3.63, 3.8) is 0 Å². The normalized spacial score (nSPS) is 14.2. The van der Waals surface area contributed by atoms with Gasteiger partial charge in [0.15, 0.2) is 5.82 Å². The fourth-order valence-corrected chi connectivity index (χ4v) is 4.92. The summed E-state index contributed by atoms with van der Waals surface area (Å²) >= 11 is 6.19. The minimum absolute atomic E-state index is 0.0220. The van der Waals surface area contributed by atoms with Crippen LogP contribution in [0, 0.1) is 5.92 Å². The lowest BCUT2D eigenvalue weighted by Gasteiger charge is -2.36. The molecular formula is C24H28ClN7O4S. The van der Waals surface area contributed by atoms with Crippen LogP contribution in [-0.2, 0) is 14.8 Å². The topological polar surface area (TPSA) is 144 Å². The average molecular weight is 546 g/mol. The fourth-order valence-electron chi connectivity index (χ4n) is 4.14. The Morgan fingerprint density at radius 2 is 1.81 bits per heavy atom. The maximum absolute atomic E-state index is 12.2. The second kappa shape index (κ2) is 10.4. The van der Waals surface area contributed by atoms with Gasteiger partial charge in [0.1, 0.15) is 5.69 Å². The van der Waals surface area contributed by atoms with Gasteiger partial charge in [0.2, 0.25) is 15.9 Å². The molecule has 0 radical (unpaired) electrons. The van der Waals surface area contributed by atoms with Gasteiger partial charge >= 0.3 is 0 Å². The second-order valence-electron chi connectivity index (χ2n) is 9.14. The van der Waals surface area contributed by atoms with Crippen molar-refractivity contribution in [1.82, 2.24) is 19.7 Å². The van der Waals surface area contributed by atoms with Crippen LogP contribution in [-0.4, -0.2) is 72.3 Å². The lowest BCUT2D eigenvalue weighted by Crippen LogP contribution is -2.49. The number of aromatic nitrogens is 3. The third kappa shape index (κ3) is 6.20. The molecule has 1 aliphatic heterocycles. The van der Waals surface area contributed by atoms with Crippen LogP contribution in [0.5, 0.6) is 0 Å². The first kappa shape index (κ1) is 26.4. The van der Waals surface area contributed by atoms with E-state index in [4.69, 9.17) is 17.3 Å². The molecule has 37 heavy (non-hydrogen) atoms. The van der Waals surface area contributed by atoms with E-state index in [2.05, 4.69) is 19.7 Å². The van der Waals surface area contributed by atoms with E-state index in [9.17, 15) is 18.0 Å². The van der Waals surface area contributed by atoms with E-state index in [-0.39, 0.29) is 33.8 Å². The van der Waals surface area contributed by atoms with Gasteiger partial charge in [-0.3, -0.25) is 14.3 Å². The minimum Gasteiger partial charge on any atom is -0.367 e. The van der Waals surface area contributed by atoms with Crippen LogP contribution >= 0.6 is 11.6 Å². The number of carbonyl (C=O) groups is 2. The number of sulfonamides is 1. The molecule has 3 N–H and O–H groups in total. The molecule has 2 amide bonds. The summed E-state index contributed by atoms with van der Waals surface area (Å²) in [6, 6.07) is 8.21. The smallest absolute Gasteiger partial charge is 0.252 e. The van der Waals surface area contributed by atoms with E-state index >= 15 is 0 Å². The van der Waals surface area contributed by atoms with Gasteiger partial charge in [0.05, 0.1) is 29.4 Å². The first-order valence-electron chi connectivity index (χ1n) is 11.6. The van der Waals surface area contributed by atoms with Crippen molar-refractivity contribution >= 4 is 44.8 Å². The van der Waals surface area contributed by atoms with E-state index in [1.165, 1.54) is 23.0 Å². The molecule has 0 bridgehead atoms. The number of nitrogens with two attached hydrogens (primary N) is 1. The number of hydrogen-bond acceptors (Lipinski definition) is 7. The van der Waals surface area contributed by atoms with Crippen molar-refractivity contribution in [1.29, 1.82) is 0 Å². The zero-order chi connectivity index (χ0) is 26.9. The molecule has 1 aliphatic rings. The number of nitrogens with zero attached hydrogens (tertiary/aromatic N) is 5. The van der Waals surface area contributed by atoms with Crippen molar-refractivity contribution in [3.8, 4) is 17.1 Å². The maximum atomic E-state index is 12.2. The predicted molar refractivity (Wildman–Crippen MR) is 142 cm³/mol. The SMILES string of the molecule is CC(C)C(=O)N1CCN(c2ccc(-n3cc(C(N)=O)c(-c4cc(Cl)cc(NS(C)(=O)=O)c4)n3)nc2)CC1. The summed E-state index contributed by atoms with van der Waals surface area (Å²) in [6.45, 7) is 6.52. The van der Waals surface area contributed by atoms with Gasteiger partial charge < -0.3 is 15.5 Å². The number of rotatable bonds is 7. The number of anilines is 2. The third-order valence-electron chi connectivity index (χ3n) is 5.87. The Balaban J connectivity index is 1.58. The van der Waals surface area contributed by atoms with E-state index in [1.807, 2.05) is 24.8 Å². The standard InChI is InChI=1S/C24H28ClN7O4S/c1-15(2)24(34)31-8-6-30(7-9-31)19-4-5-21(27-13-19)32-14-20(23(26)33)22(28-32)16-10-17(25)12-18(11-16)29-37(3,35)36/h4-5,10-15,29H,6-9H2,1-3H3,(H2,26,33). The van der Waals surface area contributed by atoms with Gasteiger partial charge in [-0.2, -0.15) is 5.10 Å². The van der Waals surface area contributed by atoms with Gasteiger partial charge in [-0.15, -0.1) is 0 Å². The molecule has 3 heterocycles. The van der Waals surface area contributed by atoms with Crippen LogP contribution in [0.4, 0.5) is 11.4 Å². The molecule has 0 aliphatic carbocycles. The molecule has 11 nitrogen and oxygen atoms in total. The predicted octanol–water partition coefficient (Wildman–Crippen LogP) is 2.36. The van der Waals surface area contributed by atoms with Crippen LogP contribution in [0.25, 0.3) is 17.1 Å². The van der Waals surface area contributed by atoms with Gasteiger partial charge in [-0.1, -0.05) is 25.4 Å². The van der Waals surface area contributed by atoms with Crippen LogP contribution in [0.3, 0.4) is 0 Å². The molecular weight excluding hydrogens is 518 g/mol. The number of halogens is 1. The van der Waals surface area contributed by atoms with Crippen LogP contribution < -0.4 is 15.4 Å². The van der Waals surface area contributed by atoms with Crippen LogP contribution in [0.1, 0.15) is 24.2 Å². The molecule has 196 valence electrons. The molecule has 0 unspecified atom stereocenters. The van der Waals surface area contributed by atoms with Crippen molar-refractivity contribution < 1.29 is 18.0 Å². The molecule has 1 fully saturated rings. The summed E-state index contributed by atoms with van der Waals surface area (Å²) < 4.78 is 27.1. The molecule has 1 aromatic carbocycles. The number of benzene rings is 1. The Bertz CT molecular complexity index is 1430. The Morgan fingerprint density at radius 3 is 2.38 bits per heavy atom. The largest absolute Gasteiger partial charge is 0.367 e. The molecule has 3 aromatic rings. The van der Waals surface area contributed by atoms with Crippen molar-refractivity contribution in [2.45, 2.75) is 13.8 Å². The summed E-state index contributed by atoms with van der Waals surface area (Å²) in [6.07, 6.45) is 4.21. The van der Waals surface area contributed by atoms with E-state index in [0.717, 1.165) is 11.9 Å². The molecule has 0 spiro atoms. The number of carbonyl (C=O) groups excluding carboxylic acids is 2. The first-order chi connectivity index (χ1) is 17.4. The molecule has 0 atom stereocenters. The van der Waals surface area contributed by atoms with Crippen LogP contribution in [0.2, 0.25) is 5.02 Å². The van der Waals surface area contributed by atoms with Gasteiger partial charge in [-0.05, 0) is 30.3 Å². The maximum Gasteiger partial charge on any atom is 0.252 e. The average Bonchev–Trinajstić information content (AvgIpc) is 3.28. The highest BCUT2D eigenvalue weighted by Gasteiger charge is 2.23. The highest BCUT2D eigenvalue weighted by molar-refractivity contribution is 7.92. The number of amides is 2. The quantitative estimate of drug-likeness (QED) is 0.463. The van der Waals surface area contributed by atoms with E-state index in [0.29, 0.717) is 37.6 Å². The summed E-state index contributed by atoms with van der Waals surface area (Å²) in [5, 5.41) is 4.75. The van der Waals surface area contributed by atoms with Crippen molar-refractivity contribution in [2.24, 2.45) is 11.7 Å². The second-order valence-corrected chi connectivity index (χ2v) is 11.3. The van der Waals surface area contributed by atoms with Crippen LogP contribution in [0.15, 0.2) is 42.7 Å². The van der Waals surface area contributed by atoms with Crippen molar-refractivity contribution in [2.75, 3.05) is 42.1 Å². The van der Waals surface area contributed by atoms with Gasteiger partial charge in [0.25, 0.3) is 5.91 Å². The first-order valence-corrected chi connectivity index (χ1v) is 13.9. The monoisotopic (exact) mass is 545 g/mol. The highest BCUT2D eigenvalue weighted by atomic mass is 35.5. The summed E-state index contributed by atoms with van der Waals surface area (Å²) in [5.74, 6) is -0.107. The number of pyridine rings is 1. The Morgan fingerprint density at radius 1 is 1.11 bits per heavy atom. The van der Waals surface area contributed by atoms with Crippen molar-refractivity contribution in [3.05, 3.63) is 53.3 Å². The summed E-state index contributed by atoms with van der Waals surface area (Å²) in [7, 11) is -3.54. The number of primary amides is 1. The molecule has 1 saturated heterocycles. The molecule has 0 saturated carbocycles. The van der Waals surface area contributed by atoms with E-state index in [1.54, 1.807) is 18.3 Å². The molecule has 2 aromatic heterocycles. The van der Waals surface area contributed by atoms with E-state index < -0.39 is 15.9 Å². The fraction of sp³-hybridized carbons (Fsp3) is 0.333. The van der Waals surface area contributed by atoms with Gasteiger partial charge in [0, 0.05) is 48.9 Å². The Hall–Kier alpha value is -3.64. The Kier molecular flexibility index (Phi) is 7.42. The molecule has 13 heteroatoms. The summed E-state index contributed by atoms with van der Waals surface area (Å²) in [5.41, 5.74) is 7.52. The molecule has 4 rings (SSSR count). The van der Waals surface area contributed by atoms with Gasteiger partial charge in [-0.25, -0.2) is 18.1 Å². The summed E-state index contributed by atoms with van der Waals surface area (Å²) in [4.78, 5) is 33.0.